The molecule has 0 aliphatic rings. The maximum absolute atomic E-state index is 11.6. The van der Waals surface area contributed by atoms with Gasteiger partial charge in [0.25, 0.3) is 0 Å². The van der Waals surface area contributed by atoms with Crippen LogP contribution in [0.4, 0.5) is 0 Å². The predicted molar refractivity (Wildman–Crippen MR) is 52.8 cm³/mol. The summed E-state index contributed by atoms with van der Waals surface area (Å²) in [5, 5.41) is 8.70. The Hall–Kier alpha value is -1.59. The molecule has 0 saturated carbocycles. The summed E-state index contributed by atoms with van der Waals surface area (Å²) in [5.74, 6) is -3.52. The van der Waals surface area contributed by atoms with Crippen molar-refractivity contribution in [3.05, 3.63) is 0 Å². The number of carbonyl (C=O) groups is 3. The Morgan fingerprint density at radius 2 is 1.73 bits per heavy atom. The zero-order valence-corrected chi connectivity index (χ0v) is 9.06. The van der Waals surface area contributed by atoms with Crippen molar-refractivity contribution in [3.63, 3.8) is 0 Å². The first-order valence-corrected chi connectivity index (χ1v) is 4.53. The second-order valence-corrected chi connectivity index (χ2v) is 3.58. The lowest BCUT2D eigenvalue weighted by molar-refractivity contribution is -0.149. The van der Waals surface area contributed by atoms with Gasteiger partial charge in [0.1, 0.15) is 0 Å². The number of primary amides is 1. The van der Waals surface area contributed by atoms with E-state index in [1.165, 1.54) is 20.9 Å². The molecule has 0 bridgehead atoms. The molecule has 0 radical (unpaired) electrons. The van der Waals surface area contributed by atoms with Gasteiger partial charge in [0.2, 0.25) is 11.8 Å². The van der Waals surface area contributed by atoms with Gasteiger partial charge in [-0.15, -0.1) is 0 Å². The van der Waals surface area contributed by atoms with Gasteiger partial charge in [0, 0.05) is 13.0 Å². The third-order valence-electron chi connectivity index (χ3n) is 2.30. The van der Waals surface area contributed by atoms with Crippen molar-refractivity contribution in [1.82, 2.24) is 4.90 Å². The Bertz CT molecular complexity index is 277. The molecular weight excluding hydrogens is 200 g/mol. The number of hydrogen-bond donors (Lipinski definition) is 2. The molecule has 6 nitrogen and oxygen atoms in total. The molecule has 0 spiro atoms. The smallest absolute Gasteiger partial charge is 0.307 e. The van der Waals surface area contributed by atoms with E-state index in [4.69, 9.17) is 10.8 Å². The number of carboxylic acids is 1. The molecule has 0 aromatic carbocycles. The minimum atomic E-state index is -1.04. The van der Waals surface area contributed by atoms with Crippen LogP contribution in [-0.2, 0) is 14.4 Å². The molecule has 0 heterocycles. The van der Waals surface area contributed by atoms with E-state index in [9.17, 15) is 14.4 Å². The fraction of sp³-hybridized carbons (Fsp3) is 0.667. The maximum atomic E-state index is 11.6. The molecule has 86 valence electrons. The molecule has 0 aromatic rings. The van der Waals surface area contributed by atoms with Gasteiger partial charge in [0.05, 0.1) is 12.5 Å². The predicted octanol–water partition coefficient (Wildman–Crippen LogP) is -0.713. The molecule has 6 heteroatoms. The highest BCUT2D eigenvalue weighted by atomic mass is 16.4. The van der Waals surface area contributed by atoms with Crippen LogP contribution >= 0.6 is 0 Å². The number of nitrogens with two attached hydrogens (primary N) is 1. The van der Waals surface area contributed by atoms with E-state index in [0.717, 1.165) is 4.90 Å². The van der Waals surface area contributed by atoms with Gasteiger partial charge in [-0.05, 0) is 0 Å². The zero-order chi connectivity index (χ0) is 12.2. The summed E-state index contributed by atoms with van der Waals surface area (Å²) in [7, 11) is 1.41. The number of carboxylic acid groups (broad SMARTS) is 1. The summed E-state index contributed by atoms with van der Waals surface area (Å²) >= 11 is 0. The molecular formula is C9H16N2O4. The van der Waals surface area contributed by atoms with Crippen LogP contribution in [0.15, 0.2) is 0 Å². The zero-order valence-electron chi connectivity index (χ0n) is 9.06. The SMILES string of the molecule is CC(C(=O)O)C(C)C(=O)N(C)CC(N)=O. The van der Waals surface area contributed by atoms with E-state index >= 15 is 0 Å². The largest absolute Gasteiger partial charge is 0.481 e. The van der Waals surface area contributed by atoms with E-state index in [2.05, 4.69) is 0 Å². The van der Waals surface area contributed by atoms with Crippen LogP contribution in [0.5, 0.6) is 0 Å². The Labute approximate surface area is 88.0 Å². The first-order chi connectivity index (χ1) is 6.77. The van der Waals surface area contributed by atoms with Crippen LogP contribution < -0.4 is 5.73 Å². The van der Waals surface area contributed by atoms with Crippen LogP contribution in [0.25, 0.3) is 0 Å². The van der Waals surface area contributed by atoms with Crippen LogP contribution in [0.1, 0.15) is 13.8 Å². The van der Waals surface area contributed by atoms with Crippen molar-refractivity contribution in [1.29, 1.82) is 0 Å². The molecule has 0 fully saturated rings. The van der Waals surface area contributed by atoms with Crippen molar-refractivity contribution in [2.45, 2.75) is 13.8 Å². The number of carbonyl (C=O) groups excluding carboxylic acids is 2. The van der Waals surface area contributed by atoms with Gasteiger partial charge in [-0.1, -0.05) is 13.8 Å². The number of rotatable bonds is 5. The Morgan fingerprint density at radius 3 is 2.07 bits per heavy atom. The van der Waals surface area contributed by atoms with Crippen LogP contribution in [0.2, 0.25) is 0 Å². The first kappa shape index (κ1) is 13.4. The quantitative estimate of drug-likeness (QED) is 0.633. The number of aliphatic carboxylic acids is 1. The molecule has 0 aliphatic heterocycles. The lowest BCUT2D eigenvalue weighted by Gasteiger charge is -2.22. The third-order valence-corrected chi connectivity index (χ3v) is 2.30. The molecule has 0 rings (SSSR count). The summed E-state index contributed by atoms with van der Waals surface area (Å²) in [4.78, 5) is 33.9. The van der Waals surface area contributed by atoms with E-state index < -0.39 is 29.6 Å². The fourth-order valence-corrected chi connectivity index (χ4v) is 1.09. The van der Waals surface area contributed by atoms with Gasteiger partial charge in [-0.2, -0.15) is 0 Å². The normalized spacial score (nSPS) is 14.1. The second kappa shape index (κ2) is 5.33. The Kier molecular flexibility index (Phi) is 4.77. The minimum Gasteiger partial charge on any atom is -0.481 e. The molecule has 3 N–H and O–H groups in total. The van der Waals surface area contributed by atoms with Crippen molar-refractivity contribution >= 4 is 17.8 Å². The summed E-state index contributed by atoms with van der Waals surface area (Å²) in [6.45, 7) is 2.76. The molecule has 0 aromatic heterocycles. The number of likely N-dealkylation sites (N-methyl/N-ethyl adjacent to an activating group) is 1. The summed E-state index contributed by atoms with van der Waals surface area (Å²) < 4.78 is 0. The third kappa shape index (κ3) is 3.97. The topological polar surface area (TPSA) is 101 Å². The number of hydrogen-bond acceptors (Lipinski definition) is 3. The van der Waals surface area contributed by atoms with Crippen molar-refractivity contribution in [3.8, 4) is 0 Å². The standard InChI is InChI=1S/C9H16N2O4/c1-5(6(2)9(14)15)8(13)11(3)4-7(10)12/h5-6H,4H2,1-3H3,(H2,10,12)(H,14,15). The fourth-order valence-electron chi connectivity index (χ4n) is 1.09. The molecule has 0 saturated heterocycles. The molecule has 2 unspecified atom stereocenters. The first-order valence-electron chi connectivity index (χ1n) is 4.53. The van der Waals surface area contributed by atoms with Crippen molar-refractivity contribution in [2.24, 2.45) is 17.6 Å². The Balaban J connectivity index is 4.43. The maximum Gasteiger partial charge on any atom is 0.307 e. The van der Waals surface area contributed by atoms with Gasteiger partial charge in [0.15, 0.2) is 0 Å². The lowest BCUT2D eigenvalue weighted by atomic mass is 9.95. The summed E-state index contributed by atoms with van der Waals surface area (Å²) in [6, 6.07) is 0. The van der Waals surface area contributed by atoms with Crippen LogP contribution in [-0.4, -0.2) is 41.4 Å². The van der Waals surface area contributed by atoms with Gasteiger partial charge >= 0.3 is 5.97 Å². The van der Waals surface area contributed by atoms with Crippen LogP contribution in [0.3, 0.4) is 0 Å². The lowest BCUT2D eigenvalue weighted by Crippen LogP contribution is -2.41. The van der Waals surface area contributed by atoms with Crippen LogP contribution in [0, 0.1) is 11.8 Å². The van der Waals surface area contributed by atoms with E-state index in [1.54, 1.807) is 0 Å². The van der Waals surface area contributed by atoms with Gasteiger partial charge in [-0.3, -0.25) is 14.4 Å². The molecule has 2 amide bonds. The molecule has 15 heavy (non-hydrogen) atoms. The van der Waals surface area contributed by atoms with E-state index in [-0.39, 0.29) is 6.54 Å². The average Bonchev–Trinajstić information content (AvgIpc) is 2.13. The number of amides is 2. The number of nitrogens with zero attached hydrogens (tertiary/aromatic N) is 1. The van der Waals surface area contributed by atoms with Gasteiger partial charge in [-0.25, -0.2) is 0 Å². The highest BCUT2D eigenvalue weighted by molar-refractivity contribution is 5.87. The molecule has 0 aliphatic carbocycles. The monoisotopic (exact) mass is 216 g/mol. The average molecular weight is 216 g/mol. The van der Waals surface area contributed by atoms with Crippen molar-refractivity contribution < 1.29 is 19.5 Å². The summed E-state index contributed by atoms with van der Waals surface area (Å²) in [5.41, 5.74) is 4.92. The Morgan fingerprint density at radius 1 is 1.27 bits per heavy atom. The van der Waals surface area contributed by atoms with Gasteiger partial charge < -0.3 is 15.7 Å². The second-order valence-electron chi connectivity index (χ2n) is 3.58. The van der Waals surface area contributed by atoms with E-state index in [0.29, 0.717) is 0 Å². The van der Waals surface area contributed by atoms with E-state index in [1.807, 2.05) is 0 Å². The summed E-state index contributed by atoms with van der Waals surface area (Å²) in [6.07, 6.45) is 0. The highest BCUT2D eigenvalue weighted by Crippen LogP contribution is 2.13. The minimum absolute atomic E-state index is 0.199. The molecule has 2 atom stereocenters. The highest BCUT2D eigenvalue weighted by Gasteiger charge is 2.28. The van der Waals surface area contributed by atoms with Crippen molar-refractivity contribution in [2.75, 3.05) is 13.6 Å².